The van der Waals surface area contributed by atoms with E-state index in [-0.39, 0.29) is 31.3 Å². The van der Waals surface area contributed by atoms with Crippen molar-refractivity contribution < 1.29 is 42.9 Å². The molecule has 0 radical (unpaired) electrons. The van der Waals surface area contributed by atoms with E-state index in [9.17, 15) is 19.6 Å². The third-order valence-electron chi connectivity index (χ3n) is 4.36. The molecule has 2 fully saturated rings. The highest BCUT2D eigenvalue weighted by molar-refractivity contribution is 8.55. The van der Waals surface area contributed by atoms with E-state index < -0.39 is 31.2 Å². The number of aliphatic hydroxyl groups is 2. The minimum atomic E-state index is -3.67. The number of hydroxylamine groups is 2. The summed E-state index contributed by atoms with van der Waals surface area (Å²) in [6.45, 7) is -3.21. The second-order valence-electron chi connectivity index (χ2n) is 6.19. The molecule has 2 unspecified atom stereocenters. The van der Waals surface area contributed by atoms with E-state index in [1.54, 1.807) is 0 Å². The number of hydrogen-bond acceptors (Lipinski definition) is 10. The molecule has 27 heavy (non-hydrogen) atoms. The van der Waals surface area contributed by atoms with Crippen LogP contribution in [0.3, 0.4) is 0 Å². The topological polar surface area (TPSA) is 124 Å². The van der Waals surface area contributed by atoms with Crippen LogP contribution in [0.25, 0.3) is 0 Å². The standard InChI is InChI=1S/C15H28NO9PS/c1-16(21-2)15(19)5-8-27-26(20,24-10-14-11(18)3-6-23-14)25-12-4-7-22-13(12)9-17/h11-14,17-18H,3-10H2,1-2H3/t11?,12?,13-,14-,26+/m1/s1. The molecule has 12 heteroatoms. The number of nitrogens with zero attached hydrogens (tertiary/aromatic N) is 1. The van der Waals surface area contributed by atoms with Crippen LogP contribution in [-0.2, 0) is 32.7 Å². The largest absolute Gasteiger partial charge is 0.394 e. The van der Waals surface area contributed by atoms with Gasteiger partial charge in [-0.2, -0.15) is 0 Å². The van der Waals surface area contributed by atoms with Crippen molar-refractivity contribution in [3.8, 4) is 0 Å². The number of rotatable bonds is 11. The van der Waals surface area contributed by atoms with Gasteiger partial charge in [-0.25, -0.2) is 9.63 Å². The average molecular weight is 429 g/mol. The predicted molar refractivity (Wildman–Crippen MR) is 97.1 cm³/mol. The van der Waals surface area contributed by atoms with Crippen molar-refractivity contribution in [1.82, 2.24) is 5.06 Å². The molecule has 0 aromatic rings. The Morgan fingerprint density at radius 3 is 2.63 bits per heavy atom. The minimum Gasteiger partial charge on any atom is -0.394 e. The van der Waals surface area contributed by atoms with Gasteiger partial charge in [-0.3, -0.25) is 18.7 Å². The summed E-state index contributed by atoms with van der Waals surface area (Å²) < 4.78 is 35.1. The Morgan fingerprint density at radius 2 is 2.00 bits per heavy atom. The van der Waals surface area contributed by atoms with Gasteiger partial charge in [-0.15, -0.1) is 0 Å². The molecule has 10 nitrogen and oxygen atoms in total. The summed E-state index contributed by atoms with van der Waals surface area (Å²) in [5.41, 5.74) is 0. The van der Waals surface area contributed by atoms with Crippen LogP contribution in [-0.4, -0.2) is 91.9 Å². The van der Waals surface area contributed by atoms with Gasteiger partial charge in [0.05, 0.1) is 32.5 Å². The van der Waals surface area contributed by atoms with Crippen molar-refractivity contribution >= 4 is 24.1 Å². The Balaban J connectivity index is 1.93. The lowest BCUT2D eigenvalue weighted by Crippen LogP contribution is -2.29. The SMILES string of the molecule is CON(C)C(=O)CCS[P@@](=O)(OC[C@H]1OCCC1O)OC1CCO[C@@H]1CO. The van der Waals surface area contributed by atoms with E-state index in [1.807, 2.05) is 0 Å². The molecule has 5 atom stereocenters. The second-order valence-corrected chi connectivity index (χ2v) is 10.3. The number of amides is 1. The van der Waals surface area contributed by atoms with Crippen molar-refractivity contribution in [1.29, 1.82) is 0 Å². The molecule has 1 amide bonds. The first-order valence-corrected chi connectivity index (χ1v) is 11.9. The lowest BCUT2D eigenvalue weighted by atomic mass is 10.2. The highest BCUT2D eigenvalue weighted by Gasteiger charge is 2.39. The summed E-state index contributed by atoms with van der Waals surface area (Å²) in [6, 6.07) is 0. The maximum absolute atomic E-state index is 13.2. The minimum absolute atomic E-state index is 0.0822. The summed E-state index contributed by atoms with van der Waals surface area (Å²) in [5, 5.41) is 20.3. The third kappa shape index (κ3) is 6.95. The second kappa shape index (κ2) is 11.1. The molecular formula is C15H28NO9PS. The molecule has 0 aliphatic carbocycles. The fraction of sp³-hybridized carbons (Fsp3) is 0.933. The van der Waals surface area contributed by atoms with E-state index in [1.165, 1.54) is 14.2 Å². The Bertz CT molecular complexity index is 526. The van der Waals surface area contributed by atoms with Crippen LogP contribution in [0.5, 0.6) is 0 Å². The van der Waals surface area contributed by atoms with Crippen LogP contribution in [0, 0.1) is 0 Å². The van der Waals surface area contributed by atoms with Crippen LogP contribution in [0.2, 0.25) is 0 Å². The number of carbonyl (C=O) groups is 1. The van der Waals surface area contributed by atoms with Gasteiger partial charge in [0, 0.05) is 38.9 Å². The Kier molecular flexibility index (Phi) is 9.46. The maximum atomic E-state index is 13.2. The van der Waals surface area contributed by atoms with E-state index >= 15 is 0 Å². The molecule has 2 heterocycles. The normalized spacial score (nSPS) is 30.4. The Hall–Kier alpha value is -0.230. The van der Waals surface area contributed by atoms with Crippen LogP contribution in [0.15, 0.2) is 0 Å². The highest BCUT2D eigenvalue weighted by atomic mass is 32.7. The summed E-state index contributed by atoms with van der Waals surface area (Å²) in [7, 11) is 2.87. The quantitative estimate of drug-likeness (QED) is 0.356. The summed E-state index contributed by atoms with van der Waals surface area (Å²) in [6.07, 6.45) is -1.34. The van der Waals surface area contributed by atoms with Gasteiger partial charge in [0.25, 0.3) is 0 Å². The summed E-state index contributed by atoms with van der Waals surface area (Å²) >= 11 is 0.898. The van der Waals surface area contributed by atoms with Gasteiger partial charge in [0.15, 0.2) is 0 Å². The number of hydrogen-bond donors (Lipinski definition) is 2. The smallest absolute Gasteiger partial charge is 0.389 e. The summed E-state index contributed by atoms with van der Waals surface area (Å²) in [5.74, 6) is -0.0848. The van der Waals surface area contributed by atoms with Crippen molar-refractivity contribution in [3.05, 3.63) is 0 Å². The molecule has 0 aromatic heterocycles. The average Bonchev–Trinajstić information content (AvgIpc) is 3.27. The van der Waals surface area contributed by atoms with Gasteiger partial charge in [-0.05, 0) is 17.8 Å². The number of carbonyl (C=O) groups excluding carboxylic acids is 1. The maximum Gasteiger partial charge on any atom is 0.389 e. The monoisotopic (exact) mass is 429 g/mol. The summed E-state index contributed by atoms with van der Waals surface area (Å²) in [4.78, 5) is 16.6. The predicted octanol–water partition coefficient (Wildman–Crippen LogP) is 0.570. The van der Waals surface area contributed by atoms with Crippen molar-refractivity contribution in [2.24, 2.45) is 0 Å². The Morgan fingerprint density at radius 1 is 1.30 bits per heavy atom. The van der Waals surface area contributed by atoms with E-state index in [0.717, 1.165) is 16.4 Å². The van der Waals surface area contributed by atoms with E-state index in [4.69, 9.17) is 23.4 Å². The zero-order chi connectivity index (χ0) is 19.9. The number of ether oxygens (including phenoxy) is 2. The molecule has 158 valence electrons. The van der Waals surface area contributed by atoms with Gasteiger partial charge < -0.3 is 19.7 Å². The first kappa shape index (κ1) is 23.1. The van der Waals surface area contributed by atoms with E-state index in [0.29, 0.717) is 26.1 Å². The van der Waals surface area contributed by atoms with Gasteiger partial charge in [-0.1, -0.05) is 0 Å². The zero-order valence-electron chi connectivity index (χ0n) is 15.5. The first-order chi connectivity index (χ1) is 12.9. The van der Waals surface area contributed by atoms with Crippen LogP contribution < -0.4 is 0 Å². The van der Waals surface area contributed by atoms with Crippen LogP contribution in [0.4, 0.5) is 0 Å². The lowest BCUT2D eigenvalue weighted by Gasteiger charge is -2.25. The van der Waals surface area contributed by atoms with Crippen LogP contribution in [0.1, 0.15) is 19.3 Å². The van der Waals surface area contributed by atoms with Gasteiger partial charge in [0.2, 0.25) is 5.91 Å². The fourth-order valence-electron chi connectivity index (χ4n) is 2.65. The number of aliphatic hydroxyl groups excluding tert-OH is 2. The molecule has 2 aliphatic rings. The molecule has 0 aromatic carbocycles. The highest BCUT2D eigenvalue weighted by Crippen LogP contribution is 2.62. The Labute approximate surface area is 162 Å². The molecule has 2 rings (SSSR count). The fourth-order valence-corrected chi connectivity index (χ4v) is 6.10. The third-order valence-corrected chi connectivity index (χ3v) is 8.12. The first-order valence-electron chi connectivity index (χ1n) is 8.79. The van der Waals surface area contributed by atoms with Gasteiger partial charge in [0.1, 0.15) is 12.2 Å². The van der Waals surface area contributed by atoms with Crippen molar-refractivity contribution in [2.45, 2.75) is 43.7 Å². The molecule has 2 saturated heterocycles. The zero-order valence-corrected chi connectivity index (χ0v) is 17.2. The van der Waals surface area contributed by atoms with Gasteiger partial charge >= 0.3 is 6.80 Å². The molecule has 0 bridgehead atoms. The van der Waals surface area contributed by atoms with Crippen LogP contribution >= 0.6 is 18.2 Å². The molecule has 2 N–H and O–H groups in total. The molecule has 0 saturated carbocycles. The van der Waals surface area contributed by atoms with Crippen molar-refractivity contribution in [2.75, 3.05) is 46.3 Å². The lowest BCUT2D eigenvalue weighted by molar-refractivity contribution is -0.168. The van der Waals surface area contributed by atoms with Crippen molar-refractivity contribution in [3.63, 3.8) is 0 Å². The van der Waals surface area contributed by atoms with E-state index in [2.05, 4.69) is 0 Å². The molecule has 2 aliphatic heterocycles. The molecule has 0 spiro atoms. The molecular weight excluding hydrogens is 401 g/mol.